The molecule has 0 aromatic heterocycles. The first kappa shape index (κ1) is 25.2. The number of carbonyl (C=O) groups is 2. The summed E-state index contributed by atoms with van der Waals surface area (Å²) in [6.07, 6.45) is 0.923. The zero-order chi connectivity index (χ0) is 23.1. The van der Waals surface area contributed by atoms with Gasteiger partial charge in [0.15, 0.2) is 0 Å². The zero-order valence-electron chi connectivity index (χ0n) is 18.9. The summed E-state index contributed by atoms with van der Waals surface area (Å²) in [6, 6.07) is 12.9. The van der Waals surface area contributed by atoms with Crippen LogP contribution < -0.4 is 5.32 Å². The van der Waals surface area contributed by atoms with E-state index in [1.54, 1.807) is 30.0 Å². The largest absolute Gasteiger partial charge is 0.352 e. The van der Waals surface area contributed by atoms with Crippen LogP contribution in [0.25, 0.3) is 0 Å². The summed E-state index contributed by atoms with van der Waals surface area (Å²) in [4.78, 5) is 27.4. The molecule has 2 rings (SSSR count). The molecule has 0 unspecified atom stereocenters. The molecular weight excluding hydrogens is 431 g/mol. The van der Waals surface area contributed by atoms with Gasteiger partial charge in [-0.2, -0.15) is 0 Å². The van der Waals surface area contributed by atoms with E-state index in [0.29, 0.717) is 28.8 Å². The molecular formula is C25H32Cl2N2O2. The smallest absolute Gasteiger partial charge is 0.242 e. The van der Waals surface area contributed by atoms with Crippen LogP contribution in [0.1, 0.15) is 63.6 Å². The quantitative estimate of drug-likeness (QED) is 0.497. The Balaban J connectivity index is 2.17. The topological polar surface area (TPSA) is 49.4 Å². The van der Waals surface area contributed by atoms with Crippen LogP contribution in [0.15, 0.2) is 42.5 Å². The molecule has 1 atom stereocenters. The molecule has 31 heavy (non-hydrogen) atoms. The molecule has 2 aromatic rings. The minimum Gasteiger partial charge on any atom is -0.352 e. The molecule has 2 amide bonds. The fourth-order valence-corrected chi connectivity index (χ4v) is 3.75. The zero-order valence-corrected chi connectivity index (χ0v) is 20.4. The Morgan fingerprint density at radius 3 is 2.16 bits per heavy atom. The SMILES string of the molecule is CC(C)NC(=O)[C@H](C)N(Cc1ccc(Cl)cc1Cl)C(=O)CCc1ccc(C(C)C)cc1. The van der Waals surface area contributed by atoms with Crippen LogP contribution in [0.2, 0.25) is 10.0 Å². The Bertz CT molecular complexity index is 895. The molecule has 0 saturated heterocycles. The Morgan fingerprint density at radius 2 is 1.61 bits per heavy atom. The Morgan fingerprint density at radius 1 is 0.968 bits per heavy atom. The first-order chi connectivity index (χ1) is 14.6. The third-order valence-electron chi connectivity index (χ3n) is 5.23. The number of nitrogens with one attached hydrogen (secondary N) is 1. The van der Waals surface area contributed by atoms with Gasteiger partial charge < -0.3 is 10.2 Å². The molecule has 0 radical (unpaired) electrons. The number of hydrogen-bond donors (Lipinski definition) is 1. The van der Waals surface area contributed by atoms with Crippen LogP contribution in [0.3, 0.4) is 0 Å². The van der Waals surface area contributed by atoms with Gasteiger partial charge in [-0.1, -0.05) is 67.4 Å². The summed E-state index contributed by atoms with van der Waals surface area (Å²) in [5, 5.41) is 3.90. The molecule has 1 N–H and O–H groups in total. The van der Waals surface area contributed by atoms with E-state index in [2.05, 4.69) is 43.4 Å². The van der Waals surface area contributed by atoms with E-state index in [9.17, 15) is 9.59 Å². The van der Waals surface area contributed by atoms with Gasteiger partial charge in [0, 0.05) is 29.1 Å². The van der Waals surface area contributed by atoms with Crippen molar-refractivity contribution in [2.75, 3.05) is 0 Å². The second-order valence-corrected chi connectivity index (χ2v) is 9.34. The van der Waals surface area contributed by atoms with Crippen molar-refractivity contribution in [3.63, 3.8) is 0 Å². The van der Waals surface area contributed by atoms with E-state index < -0.39 is 6.04 Å². The highest BCUT2D eigenvalue weighted by Gasteiger charge is 2.27. The van der Waals surface area contributed by atoms with E-state index in [-0.39, 0.29) is 24.4 Å². The molecule has 0 saturated carbocycles. The highest BCUT2D eigenvalue weighted by molar-refractivity contribution is 6.35. The molecule has 0 bridgehead atoms. The van der Waals surface area contributed by atoms with Gasteiger partial charge in [-0.05, 0) is 61.9 Å². The fourth-order valence-electron chi connectivity index (χ4n) is 3.29. The average molecular weight is 463 g/mol. The van der Waals surface area contributed by atoms with E-state index in [0.717, 1.165) is 11.1 Å². The standard InChI is InChI=1S/C25H32Cl2N2O2/c1-16(2)20-9-6-19(7-10-20)8-13-24(30)29(18(5)25(31)28-17(3)4)15-21-11-12-22(26)14-23(21)27/h6-7,9-12,14,16-18H,8,13,15H2,1-5H3,(H,28,31)/t18-/m0/s1. The van der Waals surface area contributed by atoms with Crippen molar-refractivity contribution in [2.45, 2.75) is 72.0 Å². The number of benzene rings is 2. The van der Waals surface area contributed by atoms with Gasteiger partial charge in [-0.25, -0.2) is 0 Å². The van der Waals surface area contributed by atoms with Crippen molar-refractivity contribution in [3.8, 4) is 0 Å². The minimum atomic E-state index is -0.620. The van der Waals surface area contributed by atoms with Crippen LogP contribution in [0, 0.1) is 0 Å². The van der Waals surface area contributed by atoms with Gasteiger partial charge in [0.2, 0.25) is 11.8 Å². The highest BCUT2D eigenvalue weighted by atomic mass is 35.5. The van der Waals surface area contributed by atoms with E-state index in [4.69, 9.17) is 23.2 Å². The maximum Gasteiger partial charge on any atom is 0.242 e. The van der Waals surface area contributed by atoms with Crippen LogP contribution in [-0.4, -0.2) is 28.8 Å². The van der Waals surface area contributed by atoms with Crippen molar-refractivity contribution in [1.82, 2.24) is 10.2 Å². The molecule has 0 fully saturated rings. The third kappa shape index (κ3) is 7.55. The van der Waals surface area contributed by atoms with Gasteiger partial charge >= 0.3 is 0 Å². The maximum atomic E-state index is 13.2. The first-order valence-corrected chi connectivity index (χ1v) is 11.5. The van der Waals surface area contributed by atoms with Crippen molar-refractivity contribution in [2.24, 2.45) is 0 Å². The monoisotopic (exact) mass is 462 g/mol. The number of amides is 2. The summed E-state index contributed by atoms with van der Waals surface area (Å²) in [5.74, 6) is 0.190. The first-order valence-electron chi connectivity index (χ1n) is 10.7. The predicted molar refractivity (Wildman–Crippen MR) is 129 cm³/mol. The molecule has 0 aliphatic carbocycles. The van der Waals surface area contributed by atoms with Crippen LogP contribution in [0.5, 0.6) is 0 Å². The molecule has 168 valence electrons. The Kier molecular flexibility index (Phi) is 9.39. The van der Waals surface area contributed by atoms with E-state index >= 15 is 0 Å². The summed E-state index contributed by atoms with van der Waals surface area (Å²) in [5.41, 5.74) is 3.12. The summed E-state index contributed by atoms with van der Waals surface area (Å²) in [6.45, 7) is 10.1. The van der Waals surface area contributed by atoms with Crippen LogP contribution >= 0.6 is 23.2 Å². The molecule has 0 heterocycles. The number of aryl methyl sites for hydroxylation is 1. The van der Waals surface area contributed by atoms with Gasteiger partial charge in [0.05, 0.1) is 0 Å². The van der Waals surface area contributed by atoms with Gasteiger partial charge in [-0.3, -0.25) is 9.59 Å². The summed E-state index contributed by atoms with van der Waals surface area (Å²) >= 11 is 12.3. The number of nitrogens with zero attached hydrogens (tertiary/aromatic N) is 1. The molecule has 2 aromatic carbocycles. The van der Waals surface area contributed by atoms with E-state index in [1.165, 1.54) is 5.56 Å². The number of hydrogen-bond acceptors (Lipinski definition) is 2. The van der Waals surface area contributed by atoms with Crippen molar-refractivity contribution in [1.29, 1.82) is 0 Å². The van der Waals surface area contributed by atoms with Crippen LogP contribution in [0.4, 0.5) is 0 Å². The Labute approximate surface area is 195 Å². The number of carbonyl (C=O) groups excluding carboxylic acids is 2. The molecule has 0 spiro atoms. The van der Waals surface area contributed by atoms with E-state index in [1.807, 2.05) is 13.8 Å². The van der Waals surface area contributed by atoms with Crippen molar-refractivity contribution >= 4 is 35.0 Å². The maximum absolute atomic E-state index is 13.2. The van der Waals surface area contributed by atoms with Gasteiger partial charge in [0.25, 0.3) is 0 Å². The second-order valence-electron chi connectivity index (χ2n) is 8.49. The number of rotatable bonds is 9. The lowest BCUT2D eigenvalue weighted by Crippen LogP contribution is -2.49. The highest BCUT2D eigenvalue weighted by Crippen LogP contribution is 2.24. The Hall–Kier alpha value is -2.04. The lowest BCUT2D eigenvalue weighted by molar-refractivity contribution is -0.140. The molecule has 4 nitrogen and oxygen atoms in total. The summed E-state index contributed by atoms with van der Waals surface area (Å²) in [7, 11) is 0. The number of halogens is 2. The normalized spacial score (nSPS) is 12.2. The molecule has 6 heteroatoms. The average Bonchev–Trinajstić information content (AvgIpc) is 2.70. The lowest BCUT2D eigenvalue weighted by atomic mass is 10.00. The molecule has 0 aliphatic heterocycles. The van der Waals surface area contributed by atoms with Crippen molar-refractivity contribution in [3.05, 3.63) is 69.2 Å². The van der Waals surface area contributed by atoms with Crippen LogP contribution in [-0.2, 0) is 22.6 Å². The molecule has 0 aliphatic rings. The predicted octanol–water partition coefficient (Wildman–Crippen LogP) is 5.99. The fraction of sp³-hybridized carbons (Fsp3) is 0.440. The lowest BCUT2D eigenvalue weighted by Gasteiger charge is -2.30. The third-order valence-corrected chi connectivity index (χ3v) is 5.81. The van der Waals surface area contributed by atoms with Gasteiger partial charge in [0.1, 0.15) is 6.04 Å². The van der Waals surface area contributed by atoms with Crippen molar-refractivity contribution < 1.29 is 9.59 Å². The van der Waals surface area contributed by atoms with Gasteiger partial charge in [-0.15, -0.1) is 0 Å². The second kappa shape index (κ2) is 11.5. The summed E-state index contributed by atoms with van der Waals surface area (Å²) < 4.78 is 0. The minimum absolute atomic E-state index is 0.00880.